The standard InChI is InChI=1S/C24H21F2N5O2S2/c1-3-12-31-21(17-8-10-18(11-9-17)33-22(25)26)29-30-24(31)35-14-20(32)28-23-27-19(13-34-23)16-6-4-15(2)5-7-16/h3-11,13,22H,1,12,14H2,2H3,(H,27,28,32). The fraction of sp³-hybridized carbons (Fsp3) is 0.167. The van der Waals surface area contributed by atoms with Gasteiger partial charge in [0.05, 0.1) is 11.4 Å². The number of carbonyl (C=O) groups excluding carboxylic acids is 1. The summed E-state index contributed by atoms with van der Waals surface area (Å²) in [6.45, 7) is 3.31. The minimum atomic E-state index is -2.89. The largest absolute Gasteiger partial charge is 0.435 e. The highest BCUT2D eigenvalue weighted by atomic mass is 32.2. The Balaban J connectivity index is 1.40. The van der Waals surface area contributed by atoms with Crippen molar-refractivity contribution in [3.05, 3.63) is 72.1 Å². The lowest BCUT2D eigenvalue weighted by molar-refractivity contribution is -0.113. The molecule has 2 aromatic heterocycles. The molecule has 0 aliphatic carbocycles. The summed E-state index contributed by atoms with van der Waals surface area (Å²) in [5, 5.41) is 14.2. The average molecular weight is 514 g/mol. The van der Waals surface area contributed by atoms with E-state index in [1.54, 1.807) is 22.8 Å². The Morgan fingerprint density at radius 1 is 1.17 bits per heavy atom. The van der Waals surface area contributed by atoms with Gasteiger partial charge in [-0.25, -0.2) is 4.98 Å². The van der Waals surface area contributed by atoms with Crippen LogP contribution in [0.5, 0.6) is 5.75 Å². The molecule has 2 aromatic carbocycles. The van der Waals surface area contributed by atoms with E-state index in [0.29, 0.717) is 28.2 Å². The second-order valence-corrected chi connectivity index (χ2v) is 9.15. The van der Waals surface area contributed by atoms with E-state index in [4.69, 9.17) is 0 Å². The lowest BCUT2D eigenvalue weighted by Gasteiger charge is -2.09. The number of alkyl halides is 2. The summed E-state index contributed by atoms with van der Waals surface area (Å²) in [6.07, 6.45) is 1.69. The van der Waals surface area contributed by atoms with Crippen molar-refractivity contribution in [2.75, 3.05) is 11.1 Å². The third-order valence-corrected chi connectivity index (χ3v) is 6.52. The minimum Gasteiger partial charge on any atom is -0.435 e. The Bertz CT molecular complexity index is 1300. The highest BCUT2D eigenvalue weighted by Gasteiger charge is 2.16. The van der Waals surface area contributed by atoms with E-state index in [9.17, 15) is 13.6 Å². The van der Waals surface area contributed by atoms with Crippen LogP contribution < -0.4 is 10.1 Å². The normalized spacial score (nSPS) is 11.0. The highest BCUT2D eigenvalue weighted by molar-refractivity contribution is 7.99. The number of nitrogens with one attached hydrogen (secondary N) is 1. The number of hydrogen-bond acceptors (Lipinski definition) is 7. The molecule has 0 saturated carbocycles. The number of allylic oxidation sites excluding steroid dienone is 1. The van der Waals surface area contributed by atoms with Crippen molar-refractivity contribution in [3.63, 3.8) is 0 Å². The van der Waals surface area contributed by atoms with Crippen LogP contribution in [0.3, 0.4) is 0 Å². The highest BCUT2D eigenvalue weighted by Crippen LogP contribution is 2.28. The number of aryl methyl sites for hydroxylation is 1. The number of aromatic nitrogens is 4. The van der Waals surface area contributed by atoms with Gasteiger partial charge in [-0.1, -0.05) is 47.7 Å². The topological polar surface area (TPSA) is 81.9 Å². The number of anilines is 1. The maximum atomic E-state index is 12.5. The van der Waals surface area contributed by atoms with Crippen LogP contribution in [-0.2, 0) is 11.3 Å². The average Bonchev–Trinajstić information content (AvgIpc) is 3.46. The van der Waals surface area contributed by atoms with Gasteiger partial charge in [0, 0.05) is 23.1 Å². The van der Waals surface area contributed by atoms with Crippen LogP contribution in [0.4, 0.5) is 13.9 Å². The molecule has 1 amide bonds. The summed E-state index contributed by atoms with van der Waals surface area (Å²) < 4.78 is 31.0. The van der Waals surface area contributed by atoms with Crippen LogP contribution in [0, 0.1) is 6.92 Å². The Morgan fingerprint density at radius 3 is 2.57 bits per heavy atom. The van der Waals surface area contributed by atoms with Crippen LogP contribution in [-0.4, -0.2) is 38.0 Å². The number of halogens is 2. The first-order valence-corrected chi connectivity index (χ1v) is 12.3. The van der Waals surface area contributed by atoms with Gasteiger partial charge in [-0.05, 0) is 31.2 Å². The Hall–Kier alpha value is -3.57. The molecule has 35 heavy (non-hydrogen) atoms. The summed E-state index contributed by atoms with van der Waals surface area (Å²) in [5.41, 5.74) is 3.63. The van der Waals surface area contributed by atoms with Crippen molar-refractivity contribution in [3.8, 4) is 28.4 Å². The number of nitrogens with zero attached hydrogens (tertiary/aromatic N) is 4. The number of benzene rings is 2. The molecule has 1 N–H and O–H groups in total. The zero-order chi connectivity index (χ0) is 24.8. The van der Waals surface area contributed by atoms with Crippen LogP contribution in [0.25, 0.3) is 22.6 Å². The molecule has 0 atom stereocenters. The van der Waals surface area contributed by atoms with Crippen LogP contribution in [0.2, 0.25) is 0 Å². The molecule has 7 nitrogen and oxygen atoms in total. The number of ether oxygens (including phenoxy) is 1. The molecule has 0 saturated heterocycles. The summed E-state index contributed by atoms with van der Waals surface area (Å²) in [5.74, 6) is 0.468. The van der Waals surface area contributed by atoms with E-state index in [1.165, 1.54) is 40.8 Å². The molecule has 0 aliphatic rings. The number of carbonyl (C=O) groups is 1. The maximum absolute atomic E-state index is 12.5. The van der Waals surface area contributed by atoms with E-state index < -0.39 is 6.61 Å². The molecule has 0 radical (unpaired) electrons. The van der Waals surface area contributed by atoms with Gasteiger partial charge in [-0.2, -0.15) is 8.78 Å². The smallest absolute Gasteiger partial charge is 0.387 e. The molecule has 0 fully saturated rings. The molecule has 4 aromatic rings. The van der Waals surface area contributed by atoms with Gasteiger partial charge in [0.2, 0.25) is 5.91 Å². The van der Waals surface area contributed by atoms with Gasteiger partial charge in [0.1, 0.15) is 5.75 Å². The van der Waals surface area contributed by atoms with E-state index in [1.807, 2.05) is 36.6 Å². The second kappa shape index (κ2) is 11.2. The third kappa shape index (κ3) is 6.31. The zero-order valence-electron chi connectivity index (χ0n) is 18.6. The Labute approximate surface area is 208 Å². The van der Waals surface area contributed by atoms with Gasteiger partial charge in [0.25, 0.3) is 0 Å². The van der Waals surface area contributed by atoms with Crippen LogP contribution in [0.15, 0.2) is 71.7 Å². The van der Waals surface area contributed by atoms with E-state index in [-0.39, 0.29) is 17.4 Å². The molecule has 0 unspecified atom stereocenters. The number of amides is 1. The van der Waals surface area contributed by atoms with Crippen LogP contribution >= 0.6 is 23.1 Å². The van der Waals surface area contributed by atoms with Crippen LogP contribution in [0.1, 0.15) is 5.56 Å². The van der Waals surface area contributed by atoms with Gasteiger partial charge in [-0.3, -0.25) is 9.36 Å². The van der Waals surface area contributed by atoms with Crippen molar-refractivity contribution < 1.29 is 18.3 Å². The molecule has 2 heterocycles. The summed E-state index contributed by atoms with van der Waals surface area (Å²) >= 11 is 2.59. The molecule has 4 rings (SSSR count). The quantitative estimate of drug-likeness (QED) is 0.210. The lowest BCUT2D eigenvalue weighted by atomic mass is 10.1. The monoisotopic (exact) mass is 513 g/mol. The molecule has 0 bridgehead atoms. The van der Waals surface area contributed by atoms with Crippen molar-refractivity contribution in [1.82, 2.24) is 19.7 Å². The van der Waals surface area contributed by atoms with Crippen molar-refractivity contribution in [2.24, 2.45) is 0 Å². The Morgan fingerprint density at radius 2 is 1.89 bits per heavy atom. The molecule has 0 spiro atoms. The van der Waals surface area contributed by atoms with E-state index in [2.05, 4.69) is 31.8 Å². The molecular weight excluding hydrogens is 492 g/mol. The maximum Gasteiger partial charge on any atom is 0.387 e. The van der Waals surface area contributed by atoms with Gasteiger partial charge >= 0.3 is 6.61 Å². The zero-order valence-corrected chi connectivity index (χ0v) is 20.3. The summed E-state index contributed by atoms with van der Waals surface area (Å²) in [7, 11) is 0. The van der Waals surface area contributed by atoms with Crippen molar-refractivity contribution in [2.45, 2.75) is 25.2 Å². The van der Waals surface area contributed by atoms with E-state index >= 15 is 0 Å². The first-order chi connectivity index (χ1) is 16.9. The minimum absolute atomic E-state index is 0.0533. The molecule has 11 heteroatoms. The Kier molecular flexibility index (Phi) is 7.88. The summed E-state index contributed by atoms with van der Waals surface area (Å²) in [6, 6.07) is 14.1. The third-order valence-electron chi connectivity index (χ3n) is 4.80. The molecule has 180 valence electrons. The predicted octanol–water partition coefficient (Wildman–Crippen LogP) is 5.90. The lowest BCUT2D eigenvalue weighted by Crippen LogP contribution is -2.14. The first kappa shape index (κ1) is 24.6. The van der Waals surface area contributed by atoms with Gasteiger partial charge in [-0.15, -0.1) is 28.1 Å². The number of thioether (sulfide) groups is 1. The second-order valence-electron chi connectivity index (χ2n) is 7.35. The number of hydrogen-bond donors (Lipinski definition) is 1. The number of thiazole rings is 1. The number of rotatable bonds is 10. The summed E-state index contributed by atoms with van der Waals surface area (Å²) in [4.78, 5) is 17.0. The van der Waals surface area contributed by atoms with Gasteiger partial charge < -0.3 is 10.1 Å². The van der Waals surface area contributed by atoms with Crippen molar-refractivity contribution >= 4 is 34.1 Å². The SMILES string of the molecule is C=CCn1c(SCC(=O)Nc2nc(-c3ccc(C)cc3)cs2)nnc1-c1ccc(OC(F)F)cc1. The molecular formula is C24H21F2N5O2S2. The van der Waals surface area contributed by atoms with E-state index in [0.717, 1.165) is 11.3 Å². The predicted molar refractivity (Wildman–Crippen MR) is 134 cm³/mol. The van der Waals surface area contributed by atoms with Gasteiger partial charge in [0.15, 0.2) is 16.1 Å². The fourth-order valence-electron chi connectivity index (χ4n) is 3.16. The fourth-order valence-corrected chi connectivity index (χ4v) is 4.65. The van der Waals surface area contributed by atoms with Crippen molar-refractivity contribution in [1.29, 1.82) is 0 Å². The molecule has 0 aliphatic heterocycles. The first-order valence-electron chi connectivity index (χ1n) is 10.5.